The predicted octanol–water partition coefficient (Wildman–Crippen LogP) is 1.73. The molecule has 8 heteroatoms. The van der Waals surface area contributed by atoms with Crippen molar-refractivity contribution < 1.29 is 4.74 Å². The van der Waals surface area contributed by atoms with E-state index in [4.69, 9.17) is 4.74 Å². The highest BCUT2D eigenvalue weighted by atomic mass is 16.5. The second-order valence-electron chi connectivity index (χ2n) is 6.32. The van der Waals surface area contributed by atoms with Crippen LogP contribution < -0.4 is 10.1 Å². The molecule has 0 atom stereocenters. The molecule has 1 N–H and O–H groups in total. The average Bonchev–Trinajstić information content (AvgIpc) is 3.07. The number of hydrogen-bond donors (Lipinski definition) is 1. The molecular formula is C17H21N7O. The molecule has 0 bridgehead atoms. The lowest BCUT2D eigenvalue weighted by Crippen LogP contribution is -2.37. The molecule has 3 heterocycles. The van der Waals surface area contributed by atoms with Gasteiger partial charge in [-0.2, -0.15) is 9.67 Å². The number of anilines is 1. The van der Waals surface area contributed by atoms with E-state index >= 15 is 0 Å². The summed E-state index contributed by atoms with van der Waals surface area (Å²) in [5.74, 6) is 1.42. The minimum Gasteiger partial charge on any atom is -0.497 e. The summed E-state index contributed by atoms with van der Waals surface area (Å²) in [7, 11) is 3.80. The quantitative estimate of drug-likeness (QED) is 0.775. The molecular weight excluding hydrogens is 318 g/mol. The Morgan fingerprint density at radius 3 is 2.64 bits per heavy atom. The van der Waals surface area contributed by atoms with Gasteiger partial charge in [0.15, 0.2) is 11.2 Å². The molecule has 2 aromatic heterocycles. The second-order valence-corrected chi connectivity index (χ2v) is 6.32. The van der Waals surface area contributed by atoms with Gasteiger partial charge in [0.05, 0.1) is 19.0 Å². The highest BCUT2D eigenvalue weighted by molar-refractivity contribution is 5.72. The standard InChI is InChI=1S/C17H21N7O/c1-23-9-7-12(8-10-23)19-17-18-11-15-16(20-17)24(22-21-15)13-3-5-14(25-2)6-4-13/h3-6,11-12H,7-10H2,1-2H3,(H,18,19,20). The first kappa shape index (κ1) is 15.8. The van der Waals surface area contributed by atoms with E-state index in [2.05, 4.69) is 37.5 Å². The molecule has 25 heavy (non-hydrogen) atoms. The van der Waals surface area contributed by atoms with Crippen LogP contribution in [0.5, 0.6) is 5.75 Å². The van der Waals surface area contributed by atoms with Gasteiger partial charge in [0.25, 0.3) is 0 Å². The predicted molar refractivity (Wildman–Crippen MR) is 95.1 cm³/mol. The minimum absolute atomic E-state index is 0.402. The van der Waals surface area contributed by atoms with Crippen LogP contribution in [-0.4, -0.2) is 63.2 Å². The number of hydrogen-bond acceptors (Lipinski definition) is 7. The zero-order valence-corrected chi connectivity index (χ0v) is 14.4. The van der Waals surface area contributed by atoms with Gasteiger partial charge in [-0.1, -0.05) is 5.21 Å². The Morgan fingerprint density at radius 1 is 1.16 bits per heavy atom. The van der Waals surface area contributed by atoms with Crippen molar-refractivity contribution in [1.29, 1.82) is 0 Å². The number of methoxy groups -OCH3 is 1. The van der Waals surface area contributed by atoms with Crippen LogP contribution in [0.15, 0.2) is 30.5 Å². The third kappa shape index (κ3) is 3.25. The van der Waals surface area contributed by atoms with Gasteiger partial charge >= 0.3 is 0 Å². The highest BCUT2D eigenvalue weighted by Crippen LogP contribution is 2.19. The van der Waals surface area contributed by atoms with Crippen LogP contribution in [0.3, 0.4) is 0 Å². The molecule has 130 valence electrons. The number of fused-ring (bicyclic) bond motifs is 1. The number of piperidine rings is 1. The Morgan fingerprint density at radius 2 is 1.92 bits per heavy atom. The molecule has 8 nitrogen and oxygen atoms in total. The lowest BCUT2D eigenvalue weighted by Gasteiger charge is -2.29. The number of nitrogens with one attached hydrogen (secondary N) is 1. The van der Waals surface area contributed by atoms with E-state index in [-0.39, 0.29) is 0 Å². The topological polar surface area (TPSA) is 81.0 Å². The van der Waals surface area contributed by atoms with E-state index in [0.717, 1.165) is 37.4 Å². The van der Waals surface area contributed by atoms with Gasteiger partial charge in [-0.25, -0.2) is 4.98 Å². The molecule has 1 aliphatic heterocycles. The summed E-state index contributed by atoms with van der Waals surface area (Å²) >= 11 is 0. The maximum Gasteiger partial charge on any atom is 0.225 e. The summed E-state index contributed by atoms with van der Waals surface area (Å²) in [5.41, 5.74) is 2.24. The van der Waals surface area contributed by atoms with E-state index in [9.17, 15) is 0 Å². The number of aromatic nitrogens is 5. The fraction of sp³-hybridized carbons (Fsp3) is 0.412. The van der Waals surface area contributed by atoms with Crippen LogP contribution in [0.4, 0.5) is 5.95 Å². The molecule has 1 fully saturated rings. The van der Waals surface area contributed by atoms with E-state index in [1.807, 2.05) is 24.3 Å². The third-order valence-corrected chi connectivity index (χ3v) is 4.56. The molecule has 0 amide bonds. The first-order chi connectivity index (χ1) is 12.2. The molecule has 4 rings (SSSR count). The molecule has 1 saturated heterocycles. The fourth-order valence-corrected chi connectivity index (χ4v) is 3.03. The summed E-state index contributed by atoms with van der Waals surface area (Å²) in [4.78, 5) is 11.4. The molecule has 1 aliphatic rings. The van der Waals surface area contributed by atoms with Crippen molar-refractivity contribution >= 4 is 17.1 Å². The Bertz CT molecular complexity index is 853. The fourth-order valence-electron chi connectivity index (χ4n) is 3.03. The largest absolute Gasteiger partial charge is 0.497 e. The zero-order chi connectivity index (χ0) is 17.2. The van der Waals surface area contributed by atoms with Crippen LogP contribution >= 0.6 is 0 Å². The van der Waals surface area contributed by atoms with Crippen molar-refractivity contribution in [3.63, 3.8) is 0 Å². The van der Waals surface area contributed by atoms with Gasteiger partial charge in [-0.15, -0.1) is 5.10 Å². The van der Waals surface area contributed by atoms with E-state index in [0.29, 0.717) is 23.2 Å². The number of ether oxygens (including phenoxy) is 1. The van der Waals surface area contributed by atoms with E-state index < -0.39 is 0 Å². The number of rotatable bonds is 4. The maximum absolute atomic E-state index is 5.20. The van der Waals surface area contributed by atoms with Gasteiger partial charge < -0.3 is 15.0 Å². The average molecular weight is 339 g/mol. The molecule has 0 spiro atoms. The number of benzene rings is 1. The maximum atomic E-state index is 5.20. The molecule has 3 aromatic rings. The van der Waals surface area contributed by atoms with Gasteiger partial charge in [0.2, 0.25) is 5.95 Å². The lowest BCUT2D eigenvalue weighted by molar-refractivity contribution is 0.263. The van der Waals surface area contributed by atoms with Gasteiger partial charge in [-0.3, -0.25) is 0 Å². The van der Waals surface area contributed by atoms with Crippen molar-refractivity contribution in [3.8, 4) is 11.4 Å². The van der Waals surface area contributed by atoms with Crippen molar-refractivity contribution in [2.24, 2.45) is 0 Å². The summed E-state index contributed by atoms with van der Waals surface area (Å²) in [6, 6.07) is 8.04. The molecule has 0 radical (unpaired) electrons. The molecule has 0 unspecified atom stereocenters. The first-order valence-corrected chi connectivity index (χ1v) is 8.41. The van der Waals surface area contributed by atoms with Crippen LogP contribution in [0.1, 0.15) is 12.8 Å². The smallest absolute Gasteiger partial charge is 0.225 e. The summed E-state index contributed by atoms with van der Waals surface area (Å²) in [6.45, 7) is 2.18. The summed E-state index contributed by atoms with van der Waals surface area (Å²) < 4.78 is 6.92. The van der Waals surface area contributed by atoms with Crippen molar-refractivity contribution in [2.75, 3.05) is 32.6 Å². The summed E-state index contributed by atoms with van der Waals surface area (Å²) in [6.07, 6.45) is 3.90. The highest BCUT2D eigenvalue weighted by Gasteiger charge is 2.18. The zero-order valence-electron chi connectivity index (χ0n) is 14.4. The van der Waals surface area contributed by atoms with E-state index in [1.54, 1.807) is 18.0 Å². The Labute approximate surface area is 145 Å². The summed E-state index contributed by atoms with van der Waals surface area (Å²) in [5, 5.41) is 11.8. The van der Waals surface area contributed by atoms with E-state index in [1.165, 1.54) is 0 Å². The minimum atomic E-state index is 0.402. The third-order valence-electron chi connectivity index (χ3n) is 4.56. The monoisotopic (exact) mass is 339 g/mol. The van der Waals surface area contributed by atoms with Crippen molar-refractivity contribution in [2.45, 2.75) is 18.9 Å². The number of likely N-dealkylation sites (tertiary alicyclic amines) is 1. The van der Waals surface area contributed by atoms with Gasteiger partial charge in [0.1, 0.15) is 5.75 Å². The lowest BCUT2D eigenvalue weighted by atomic mass is 10.1. The number of nitrogens with zero attached hydrogens (tertiary/aromatic N) is 6. The molecule has 0 aliphatic carbocycles. The Kier molecular flexibility index (Phi) is 4.19. The van der Waals surface area contributed by atoms with Crippen molar-refractivity contribution in [3.05, 3.63) is 30.5 Å². The van der Waals surface area contributed by atoms with Crippen LogP contribution in [0.25, 0.3) is 16.9 Å². The van der Waals surface area contributed by atoms with Crippen LogP contribution in [0.2, 0.25) is 0 Å². The Hall–Kier alpha value is -2.74. The van der Waals surface area contributed by atoms with Gasteiger partial charge in [0, 0.05) is 6.04 Å². The van der Waals surface area contributed by atoms with Crippen molar-refractivity contribution in [1.82, 2.24) is 29.9 Å². The van der Waals surface area contributed by atoms with Crippen LogP contribution in [-0.2, 0) is 0 Å². The normalized spacial score (nSPS) is 16.2. The van der Waals surface area contributed by atoms with Gasteiger partial charge in [-0.05, 0) is 57.2 Å². The Balaban J connectivity index is 1.60. The second kappa shape index (κ2) is 6.64. The van der Waals surface area contributed by atoms with Crippen LogP contribution in [0, 0.1) is 0 Å². The molecule has 0 saturated carbocycles. The SMILES string of the molecule is COc1ccc(-n2nnc3cnc(NC4CCN(C)CC4)nc32)cc1. The molecule has 1 aromatic carbocycles. The first-order valence-electron chi connectivity index (χ1n) is 8.41.